The fourth-order valence-corrected chi connectivity index (χ4v) is 2.67. The zero-order valence-electron chi connectivity index (χ0n) is 11.5. The van der Waals surface area contributed by atoms with Gasteiger partial charge in [-0.05, 0) is 42.5 Å². The van der Waals surface area contributed by atoms with Gasteiger partial charge < -0.3 is 16.2 Å². The fourth-order valence-electron chi connectivity index (χ4n) is 2.49. The van der Waals surface area contributed by atoms with Crippen molar-refractivity contribution in [1.29, 1.82) is 0 Å². The zero-order chi connectivity index (χ0) is 15.9. The minimum Gasteiger partial charge on any atom is -0.399 e. The quantitative estimate of drug-likeness (QED) is 0.598. The fraction of sp³-hybridized carbons (Fsp3) is 0.125. The first-order chi connectivity index (χ1) is 10.4. The number of ketones is 1. The van der Waals surface area contributed by atoms with Crippen molar-refractivity contribution in [2.75, 3.05) is 11.1 Å². The van der Waals surface area contributed by atoms with Gasteiger partial charge in [-0.3, -0.25) is 9.59 Å². The molecule has 0 fully saturated rings. The number of amides is 1. The van der Waals surface area contributed by atoms with E-state index in [1.54, 1.807) is 36.4 Å². The highest BCUT2D eigenvalue weighted by Crippen LogP contribution is 2.40. The summed E-state index contributed by atoms with van der Waals surface area (Å²) in [4.78, 5) is 24.5. The average Bonchev–Trinajstić information content (AvgIpc) is 2.71. The topological polar surface area (TPSA) is 92.4 Å². The van der Waals surface area contributed by atoms with Crippen molar-refractivity contribution in [2.24, 2.45) is 0 Å². The highest BCUT2D eigenvalue weighted by molar-refractivity contribution is 6.31. The lowest BCUT2D eigenvalue weighted by atomic mass is 9.88. The van der Waals surface area contributed by atoms with E-state index in [0.717, 1.165) is 0 Å². The van der Waals surface area contributed by atoms with Crippen LogP contribution in [-0.2, 0) is 10.4 Å². The third kappa shape index (κ3) is 2.34. The van der Waals surface area contributed by atoms with Crippen LogP contribution in [0.5, 0.6) is 0 Å². The second-order valence-electron chi connectivity index (χ2n) is 5.23. The van der Waals surface area contributed by atoms with Gasteiger partial charge in [0.2, 0.25) is 0 Å². The van der Waals surface area contributed by atoms with Crippen LogP contribution in [0.4, 0.5) is 11.4 Å². The molecule has 6 heteroatoms. The largest absolute Gasteiger partial charge is 0.399 e. The molecule has 1 aliphatic heterocycles. The molecule has 0 saturated carbocycles. The number of carbonyl (C=O) groups excluding carboxylic acids is 2. The van der Waals surface area contributed by atoms with Crippen molar-refractivity contribution < 1.29 is 14.7 Å². The summed E-state index contributed by atoms with van der Waals surface area (Å²) in [5.74, 6) is -0.987. The number of aliphatic hydroxyl groups is 1. The summed E-state index contributed by atoms with van der Waals surface area (Å²) in [6, 6.07) is 11.0. The number of rotatable bonds is 3. The summed E-state index contributed by atoms with van der Waals surface area (Å²) in [6.45, 7) is 0. The van der Waals surface area contributed by atoms with Crippen LogP contribution in [0.15, 0.2) is 42.5 Å². The van der Waals surface area contributed by atoms with Gasteiger partial charge in [-0.25, -0.2) is 0 Å². The Labute approximate surface area is 131 Å². The molecule has 0 aromatic heterocycles. The molecule has 3 rings (SSSR count). The minimum absolute atomic E-state index is 0.314. The summed E-state index contributed by atoms with van der Waals surface area (Å²) in [5.41, 5.74) is 5.35. The lowest BCUT2D eigenvalue weighted by Crippen LogP contribution is -2.36. The Bertz CT molecular complexity index is 773. The van der Waals surface area contributed by atoms with E-state index >= 15 is 0 Å². The Hall–Kier alpha value is -2.37. The third-order valence-electron chi connectivity index (χ3n) is 3.70. The monoisotopic (exact) mass is 316 g/mol. The maximum absolute atomic E-state index is 12.3. The molecule has 1 aliphatic rings. The van der Waals surface area contributed by atoms with Crippen LogP contribution in [0, 0.1) is 0 Å². The molecule has 2 aromatic carbocycles. The maximum Gasteiger partial charge on any atom is 0.261 e. The number of nitrogen functional groups attached to an aromatic ring is 1. The van der Waals surface area contributed by atoms with Crippen molar-refractivity contribution >= 4 is 34.7 Å². The molecule has 0 bridgehead atoms. The van der Waals surface area contributed by atoms with Crippen LogP contribution in [0.2, 0.25) is 5.02 Å². The Morgan fingerprint density at radius 1 is 1.23 bits per heavy atom. The summed E-state index contributed by atoms with van der Waals surface area (Å²) >= 11 is 5.92. The van der Waals surface area contributed by atoms with E-state index in [-0.39, 0.29) is 12.2 Å². The molecule has 0 saturated heterocycles. The van der Waals surface area contributed by atoms with Crippen molar-refractivity contribution in [3.05, 3.63) is 58.6 Å². The molecule has 5 nitrogen and oxygen atoms in total. The number of nitrogens with one attached hydrogen (secondary N) is 1. The smallest absolute Gasteiger partial charge is 0.261 e. The van der Waals surface area contributed by atoms with E-state index in [1.807, 2.05) is 0 Å². The highest BCUT2D eigenvalue weighted by atomic mass is 35.5. The van der Waals surface area contributed by atoms with E-state index < -0.39 is 11.5 Å². The first-order valence-corrected chi connectivity index (χ1v) is 7.00. The highest BCUT2D eigenvalue weighted by Gasteiger charge is 2.46. The first-order valence-electron chi connectivity index (χ1n) is 6.63. The number of carbonyl (C=O) groups is 2. The van der Waals surface area contributed by atoms with Gasteiger partial charge in [0.05, 0.1) is 6.42 Å². The Balaban J connectivity index is 1.94. The number of anilines is 2. The SMILES string of the molecule is Nc1ccc(C(=O)C[C@@]2(O)C(=O)Nc3ccc(Cl)cc32)cc1. The number of fused-ring (bicyclic) bond motifs is 1. The molecule has 0 unspecified atom stereocenters. The third-order valence-corrected chi connectivity index (χ3v) is 3.94. The van der Waals surface area contributed by atoms with Crippen molar-refractivity contribution in [2.45, 2.75) is 12.0 Å². The molecule has 2 aromatic rings. The van der Waals surface area contributed by atoms with E-state index in [4.69, 9.17) is 17.3 Å². The van der Waals surface area contributed by atoms with Crippen LogP contribution in [-0.4, -0.2) is 16.8 Å². The van der Waals surface area contributed by atoms with Crippen LogP contribution >= 0.6 is 11.6 Å². The Kier molecular flexibility index (Phi) is 3.39. The summed E-state index contributed by atoms with van der Waals surface area (Å²) in [7, 11) is 0. The molecule has 1 heterocycles. The van der Waals surface area contributed by atoms with Gasteiger partial charge in [-0.15, -0.1) is 0 Å². The van der Waals surface area contributed by atoms with Gasteiger partial charge in [0.1, 0.15) is 0 Å². The van der Waals surface area contributed by atoms with Crippen LogP contribution in [0.25, 0.3) is 0 Å². The molecule has 1 amide bonds. The minimum atomic E-state index is -1.92. The van der Waals surface area contributed by atoms with E-state index in [9.17, 15) is 14.7 Å². The maximum atomic E-state index is 12.3. The molecular formula is C16H13ClN2O3. The number of halogens is 1. The summed E-state index contributed by atoms with van der Waals surface area (Å²) < 4.78 is 0. The summed E-state index contributed by atoms with van der Waals surface area (Å²) in [6.07, 6.45) is -0.365. The van der Waals surface area contributed by atoms with Crippen LogP contribution < -0.4 is 11.1 Å². The van der Waals surface area contributed by atoms with Gasteiger partial charge in [0.15, 0.2) is 11.4 Å². The number of nitrogens with two attached hydrogens (primary N) is 1. The van der Waals surface area contributed by atoms with Gasteiger partial charge in [-0.1, -0.05) is 11.6 Å². The van der Waals surface area contributed by atoms with Gasteiger partial charge in [-0.2, -0.15) is 0 Å². The second-order valence-corrected chi connectivity index (χ2v) is 5.66. The predicted molar refractivity (Wildman–Crippen MR) is 83.8 cm³/mol. The number of hydrogen-bond donors (Lipinski definition) is 3. The Morgan fingerprint density at radius 3 is 2.59 bits per heavy atom. The number of Topliss-reactive ketones (excluding diaryl/α,β-unsaturated/α-hetero) is 1. The molecule has 1 atom stereocenters. The van der Waals surface area contributed by atoms with Crippen LogP contribution in [0.1, 0.15) is 22.3 Å². The van der Waals surface area contributed by atoms with Crippen molar-refractivity contribution in [1.82, 2.24) is 0 Å². The normalized spacial score (nSPS) is 19.6. The zero-order valence-corrected chi connectivity index (χ0v) is 12.2. The standard InChI is InChI=1S/C16H13ClN2O3/c17-10-3-6-13-12(7-10)16(22,15(21)19-13)8-14(20)9-1-4-11(18)5-2-9/h1-7,22H,8,18H2,(H,19,21)/t16-/m0/s1. The average molecular weight is 317 g/mol. The van der Waals surface area contributed by atoms with E-state index in [0.29, 0.717) is 27.5 Å². The van der Waals surface area contributed by atoms with E-state index in [1.165, 1.54) is 6.07 Å². The molecule has 4 N–H and O–H groups in total. The molecule has 0 radical (unpaired) electrons. The lowest BCUT2D eigenvalue weighted by Gasteiger charge is -2.20. The number of benzene rings is 2. The molecule has 112 valence electrons. The van der Waals surface area contributed by atoms with Gasteiger partial charge in [0, 0.05) is 27.5 Å². The van der Waals surface area contributed by atoms with Gasteiger partial charge in [0.25, 0.3) is 5.91 Å². The predicted octanol–water partition coefficient (Wildman–Crippen LogP) is 2.33. The molecule has 0 aliphatic carbocycles. The van der Waals surface area contributed by atoms with Crippen molar-refractivity contribution in [3.8, 4) is 0 Å². The van der Waals surface area contributed by atoms with E-state index in [2.05, 4.69) is 5.32 Å². The molecule has 0 spiro atoms. The van der Waals surface area contributed by atoms with Crippen molar-refractivity contribution in [3.63, 3.8) is 0 Å². The molecular weight excluding hydrogens is 304 g/mol. The van der Waals surface area contributed by atoms with Crippen LogP contribution in [0.3, 0.4) is 0 Å². The number of hydrogen-bond acceptors (Lipinski definition) is 4. The lowest BCUT2D eigenvalue weighted by molar-refractivity contribution is -0.133. The molecule has 22 heavy (non-hydrogen) atoms. The Morgan fingerprint density at radius 2 is 1.91 bits per heavy atom. The van der Waals surface area contributed by atoms with Gasteiger partial charge >= 0.3 is 0 Å². The summed E-state index contributed by atoms with van der Waals surface area (Å²) in [5, 5.41) is 13.7. The first kappa shape index (κ1) is 14.6. The second kappa shape index (κ2) is 5.12.